The molecule has 4 heteroatoms. The van der Waals surface area contributed by atoms with Gasteiger partial charge in [-0.25, -0.2) is 0 Å². The summed E-state index contributed by atoms with van der Waals surface area (Å²) < 4.78 is 0. The Kier molecular flexibility index (Phi) is 208. The molecule has 4 heavy (non-hydrogen) atoms. The topological polar surface area (TPSA) is 0 Å². The zero-order chi connectivity index (χ0) is 0. The van der Waals surface area contributed by atoms with Crippen molar-refractivity contribution in [3.05, 3.63) is 0 Å². The highest BCUT2D eigenvalue weighted by atomic mass is 79.9. The maximum Gasteiger partial charge on any atom is -0.153 e. The van der Waals surface area contributed by atoms with Gasteiger partial charge in [0.1, 0.15) is 0 Å². The summed E-state index contributed by atoms with van der Waals surface area (Å²) in [4.78, 5) is 0. The third-order valence-corrected chi connectivity index (χ3v) is 0. The molecule has 0 saturated heterocycles. The van der Waals surface area contributed by atoms with Crippen LogP contribution in [0.15, 0.2) is 0 Å². The number of hydrogen-bond donors (Lipinski definition) is 0. The van der Waals surface area contributed by atoms with Crippen molar-refractivity contribution < 1.29 is 50.9 Å². The Bertz CT molecular complexity index is 3.25. The first-order chi connectivity index (χ1) is 0. The van der Waals surface area contributed by atoms with E-state index in [9.17, 15) is 0 Å². The maximum absolute atomic E-state index is 0. The van der Waals surface area contributed by atoms with Gasteiger partial charge in [-0.1, -0.05) is 0 Å². The number of rotatable bonds is 0. The van der Waals surface area contributed by atoms with Crippen LogP contribution in [-0.4, -0.2) is 0 Å². The number of hydrogen-bond acceptors (Lipinski definition) is 0. The predicted molar refractivity (Wildman–Crippen MR) is 11.1 cm³/mol. The Morgan fingerprint density at radius 1 is 0.500 bits per heavy atom. The lowest BCUT2D eigenvalue weighted by Gasteiger charge is -1.00. The molecular formula is H3Br3P-3. The van der Waals surface area contributed by atoms with Gasteiger partial charge in [0.2, 0.25) is 0 Å². The van der Waals surface area contributed by atoms with Crippen LogP contribution >= 0.6 is 9.90 Å². The fraction of sp³-hybridized carbons (Fsp3) is 0. The summed E-state index contributed by atoms with van der Waals surface area (Å²) in [7, 11) is 0. The lowest BCUT2D eigenvalue weighted by Crippen LogP contribution is -3.00. The minimum Gasteiger partial charge on any atom is -1.00 e. The van der Waals surface area contributed by atoms with E-state index < -0.39 is 0 Å². The van der Waals surface area contributed by atoms with E-state index in [1.165, 1.54) is 0 Å². The monoisotopic (exact) mass is 271 g/mol. The van der Waals surface area contributed by atoms with E-state index in [1.807, 2.05) is 0 Å². The van der Waals surface area contributed by atoms with Gasteiger partial charge < -0.3 is 50.9 Å². The van der Waals surface area contributed by atoms with E-state index in [1.54, 1.807) is 0 Å². The molecule has 1 atom stereocenters. The van der Waals surface area contributed by atoms with Gasteiger partial charge in [-0.3, -0.25) is 0 Å². The first kappa shape index (κ1) is 39.8. The molecule has 0 aromatic rings. The van der Waals surface area contributed by atoms with Gasteiger partial charge in [0.05, 0.1) is 0 Å². The second kappa shape index (κ2) is 20.9. The lowest BCUT2D eigenvalue weighted by atomic mass is 31.0. The van der Waals surface area contributed by atoms with Crippen LogP contribution < -0.4 is 50.9 Å². The summed E-state index contributed by atoms with van der Waals surface area (Å²) in [5.74, 6) is 0. The average Bonchev–Trinajstić information content (AvgIpc) is 0. The van der Waals surface area contributed by atoms with Gasteiger partial charge in [0, 0.05) is 0 Å². The van der Waals surface area contributed by atoms with Crippen LogP contribution in [0.1, 0.15) is 0 Å². The molecule has 0 nitrogen and oxygen atoms in total. The second-order valence-corrected chi connectivity index (χ2v) is 0. The fourth-order valence-corrected chi connectivity index (χ4v) is 0. The molecule has 0 aliphatic heterocycles. The van der Waals surface area contributed by atoms with Gasteiger partial charge in [-0.2, -0.15) is 9.90 Å². The predicted octanol–water partition coefficient (Wildman–Crippen LogP) is -8.93. The fourth-order valence-electron chi connectivity index (χ4n) is 0. The molecule has 0 aliphatic rings. The van der Waals surface area contributed by atoms with Crippen molar-refractivity contribution in [3.8, 4) is 0 Å². The highest BCUT2D eigenvalue weighted by Crippen LogP contribution is 0.861. The normalized spacial score (nSPS) is 0. The summed E-state index contributed by atoms with van der Waals surface area (Å²) in [6.07, 6.45) is 0. The standard InChI is InChI=1S/3BrH.H3P/h3*1H;1H3/p-3. The largest absolute Gasteiger partial charge is 1.00 e. The third kappa shape index (κ3) is 9.12. The molecule has 1 unspecified atom stereocenters. The van der Waals surface area contributed by atoms with Gasteiger partial charge in [0.25, 0.3) is 0 Å². The van der Waals surface area contributed by atoms with Crippen molar-refractivity contribution in [2.24, 2.45) is 0 Å². The van der Waals surface area contributed by atoms with E-state index in [4.69, 9.17) is 0 Å². The summed E-state index contributed by atoms with van der Waals surface area (Å²) in [6, 6.07) is 0. The van der Waals surface area contributed by atoms with Crippen LogP contribution in [0, 0.1) is 0 Å². The van der Waals surface area contributed by atoms with E-state index in [0.29, 0.717) is 0 Å². The van der Waals surface area contributed by atoms with Crippen LogP contribution in [-0.2, 0) is 0 Å². The van der Waals surface area contributed by atoms with Crippen LogP contribution in [0.4, 0.5) is 0 Å². The van der Waals surface area contributed by atoms with Crippen molar-refractivity contribution >= 4 is 9.90 Å². The Labute approximate surface area is 60.7 Å². The molecule has 0 N–H and O–H groups in total. The molecule has 0 aromatic heterocycles. The molecule has 0 saturated carbocycles. The molecule has 0 aromatic carbocycles. The van der Waals surface area contributed by atoms with Crippen LogP contribution in [0.2, 0.25) is 0 Å². The van der Waals surface area contributed by atoms with Crippen LogP contribution in [0.25, 0.3) is 0 Å². The number of halogens is 3. The Morgan fingerprint density at radius 2 is 0.500 bits per heavy atom. The van der Waals surface area contributed by atoms with Gasteiger partial charge in [-0.05, 0) is 0 Å². The minimum absolute atomic E-state index is 0. The molecular weight excluding hydrogens is 271 g/mol. The average molecular weight is 274 g/mol. The van der Waals surface area contributed by atoms with Crippen molar-refractivity contribution in [2.45, 2.75) is 0 Å². The third-order valence-electron chi connectivity index (χ3n) is 0. The van der Waals surface area contributed by atoms with Gasteiger partial charge in [0.15, 0.2) is 0 Å². The quantitative estimate of drug-likeness (QED) is 0.385. The zero-order valence-electron chi connectivity index (χ0n) is 1.84. The van der Waals surface area contributed by atoms with Gasteiger partial charge in [-0.15, -0.1) is 0 Å². The minimum atomic E-state index is 0. The first-order valence-electron chi connectivity index (χ1n) is 0. The first-order valence-corrected chi connectivity index (χ1v) is 0. The molecule has 0 fully saturated rings. The summed E-state index contributed by atoms with van der Waals surface area (Å²) in [5, 5.41) is 0. The van der Waals surface area contributed by atoms with Crippen LogP contribution in [0.5, 0.6) is 0 Å². The van der Waals surface area contributed by atoms with E-state index in [0.717, 1.165) is 0 Å². The smallest absolute Gasteiger partial charge is 0.153 e. The molecule has 0 radical (unpaired) electrons. The van der Waals surface area contributed by atoms with Crippen molar-refractivity contribution in [1.82, 2.24) is 0 Å². The van der Waals surface area contributed by atoms with Crippen LogP contribution in [0.3, 0.4) is 0 Å². The molecule has 0 heterocycles. The lowest BCUT2D eigenvalue weighted by molar-refractivity contribution is -0.00100. The maximum atomic E-state index is 0. The summed E-state index contributed by atoms with van der Waals surface area (Å²) in [6.45, 7) is 0. The van der Waals surface area contributed by atoms with E-state index in [2.05, 4.69) is 0 Å². The van der Waals surface area contributed by atoms with E-state index in [-0.39, 0.29) is 60.8 Å². The molecule has 0 aliphatic carbocycles. The Morgan fingerprint density at radius 3 is 0.500 bits per heavy atom. The molecule has 0 spiro atoms. The van der Waals surface area contributed by atoms with Crippen molar-refractivity contribution in [3.63, 3.8) is 0 Å². The molecule has 32 valence electrons. The Hall–Kier alpha value is 1.87. The molecule has 0 rings (SSSR count). The summed E-state index contributed by atoms with van der Waals surface area (Å²) in [5.41, 5.74) is 0. The molecule has 0 amide bonds. The molecule has 0 bridgehead atoms. The SMILES string of the molecule is P.[Br-].[Br-].[Br-]. The van der Waals surface area contributed by atoms with Crippen molar-refractivity contribution in [1.29, 1.82) is 0 Å². The highest BCUT2D eigenvalue weighted by Gasteiger charge is -0.153. The zero-order valence-corrected chi connectivity index (χ0v) is 8.01. The van der Waals surface area contributed by atoms with E-state index >= 15 is 0 Å². The van der Waals surface area contributed by atoms with Crippen molar-refractivity contribution in [2.75, 3.05) is 0 Å². The highest BCUT2D eigenvalue weighted by molar-refractivity contribution is 6.92. The summed E-state index contributed by atoms with van der Waals surface area (Å²) >= 11 is 0. The second-order valence-electron chi connectivity index (χ2n) is 0. The Balaban J connectivity index is 0. The van der Waals surface area contributed by atoms with Gasteiger partial charge >= 0.3 is 0 Å².